The fourth-order valence-corrected chi connectivity index (χ4v) is 2.29. The van der Waals surface area contributed by atoms with E-state index in [1.165, 1.54) is 0 Å². The number of nitrogens with zero attached hydrogens (tertiary/aromatic N) is 1. The zero-order chi connectivity index (χ0) is 10.7. The Balaban J connectivity index is 2.98. The second kappa shape index (κ2) is 4.03. The predicted molar refractivity (Wildman–Crippen MR) is 55.4 cm³/mol. The molecule has 0 aromatic carbocycles. The molecule has 2 nitrogen and oxygen atoms in total. The molecule has 0 bridgehead atoms. The van der Waals surface area contributed by atoms with Gasteiger partial charge in [-0.25, -0.2) is 0 Å². The monoisotopic (exact) mass is 191 g/mol. The van der Waals surface area contributed by atoms with Crippen molar-refractivity contribution < 1.29 is 4.74 Å². The van der Waals surface area contributed by atoms with Gasteiger partial charge in [-0.1, -0.05) is 19.3 Å². The normalized spacial score (nSPS) is 22.6. The average molecular weight is 191 g/mol. The van der Waals surface area contributed by atoms with E-state index in [2.05, 4.69) is 18.9 Å². The number of hydrogen-bond acceptors (Lipinski definition) is 2. The van der Waals surface area contributed by atoms with E-state index >= 15 is 0 Å². The molecule has 0 heterocycles. The third-order valence-corrected chi connectivity index (χ3v) is 3.38. The first-order chi connectivity index (χ1) is 6.70. The lowest BCUT2D eigenvalue weighted by molar-refractivity contribution is -0.0839. The van der Waals surface area contributed by atoms with Gasteiger partial charge in [0.05, 0.1) is 11.5 Å². The number of nitriles is 1. The van der Waals surface area contributed by atoms with Crippen LogP contribution in [0.5, 0.6) is 0 Å². The van der Waals surface area contributed by atoms with Gasteiger partial charge in [-0.2, -0.15) is 5.26 Å². The molecule has 0 amide bonds. The van der Waals surface area contributed by atoms with Crippen LogP contribution in [0.15, 0.2) is 0 Å². The molecule has 1 aliphatic rings. The van der Waals surface area contributed by atoms with Gasteiger partial charge in [0, 0.05) is 7.11 Å². The second-order valence-electron chi connectivity index (χ2n) is 3.97. The van der Waals surface area contributed by atoms with Crippen LogP contribution in [0.1, 0.15) is 39.0 Å². The molecule has 1 rings (SSSR count). The van der Waals surface area contributed by atoms with Crippen LogP contribution in [0.3, 0.4) is 0 Å². The molecule has 76 valence electrons. The third kappa shape index (κ3) is 1.31. The molecule has 1 fully saturated rings. The summed E-state index contributed by atoms with van der Waals surface area (Å²) in [6.07, 6.45) is 10.1. The molecule has 2 heteroatoms. The van der Waals surface area contributed by atoms with Gasteiger partial charge >= 0.3 is 0 Å². The highest BCUT2D eigenvalue weighted by molar-refractivity contribution is 5.26. The smallest absolute Gasteiger partial charge is 0.146 e. The Morgan fingerprint density at radius 1 is 1.57 bits per heavy atom. The summed E-state index contributed by atoms with van der Waals surface area (Å²) in [4.78, 5) is 0. The SMILES string of the molecule is C#C[C@](CCC)(OC)C1(C#N)CCC1. The minimum atomic E-state index is -0.658. The van der Waals surface area contributed by atoms with Crippen molar-refractivity contribution in [3.63, 3.8) is 0 Å². The van der Waals surface area contributed by atoms with Gasteiger partial charge in [-0.05, 0) is 25.7 Å². The number of methoxy groups -OCH3 is 1. The minimum Gasteiger partial charge on any atom is -0.364 e. The lowest BCUT2D eigenvalue weighted by Crippen LogP contribution is -2.52. The molecule has 0 spiro atoms. The third-order valence-electron chi connectivity index (χ3n) is 3.38. The standard InChI is InChI=1S/C12H17NO/c1-4-7-12(5-2,14-3)11(10-13)8-6-9-11/h2H,4,6-9H2,1,3H3/t12-/m1/s1. The summed E-state index contributed by atoms with van der Waals surface area (Å²) < 4.78 is 5.47. The molecule has 1 atom stereocenters. The molecule has 0 radical (unpaired) electrons. The Bertz CT molecular complexity index is 280. The van der Waals surface area contributed by atoms with Crippen LogP contribution < -0.4 is 0 Å². The van der Waals surface area contributed by atoms with E-state index in [9.17, 15) is 5.26 Å². The number of rotatable bonds is 4. The van der Waals surface area contributed by atoms with Crippen molar-refractivity contribution in [2.45, 2.75) is 44.6 Å². The van der Waals surface area contributed by atoms with Crippen molar-refractivity contribution >= 4 is 0 Å². The number of terminal acetylenes is 1. The maximum atomic E-state index is 9.24. The summed E-state index contributed by atoms with van der Waals surface area (Å²) in [7, 11) is 1.62. The fourth-order valence-electron chi connectivity index (χ4n) is 2.29. The average Bonchev–Trinajstić information content (AvgIpc) is 2.15. The highest BCUT2D eigenvalue weighted by atomic mass is 16.5. The Hall–Kier alpha value is -0.990. The van der Waals surface area contributed by atoms with E-state index < -0.39 is 11.0 Å². The van der Waals surface area contributed by atoms with Gasteiger partial charge in [-0.15, -0.1) is 6.42 Å². The van der Waals surface area contributed by atoms with Crippen LogP contribution in [-0.4, -0.2) is 12.7 Å². The van der Waals surface area contributed by atoms with Crippen LogP contribution in [0, 0.1) is 29.1 Å². The molecule has 0 aromatic rings. The fraction of sp³-hybridized carbons (Fsp3) is 0.750. The Labute approximate surface area is 86.3 Å². The van der Waals surface area contributed by atoms with Gasteiger partial charge < -0.3 is 4.74 Å². The van der Waals surface area contributed by atoms with Gasteiger partial charge in [0.15, 0.2) is 0 Å². The van der Waals surface area contributed by atoms with Crippen molar-refractivity contribution in [3.05, 3.63) is 0 Å². The maximum Gasteiger partial charge on any atom is 0.146 e. The van der Waals surface area contributed by atoms with Gasteiger partial charge in [0.25, 0.3) is 0 Å². The quantitative estimate of drug-likeness (QED) is 0.640. The van der Waals surface area contributed by atoms with Crippen molar-refractivity contribution in [2.75, 3.05) is 7.11 Å². The summed E-state index contributed by atoms with van der Waals surface area (Å²) in [5.41, 5.74) is -1.08. The molecule has 0 saturated heterocycles. The molecular weight excluding hydrogens is 174 g/mol. The summed E-state index contributed by atoms with van der Waals surface area (Å²) in [5, 5.41) is 9.24. The van der Waals surface area contributed by atoms with E-state index in [1.54, 1.807) is 7.11 Å². The van der Waals surface area contributed by atoms with Crippen LogP contribution in [-0.2, 0) is 4.74 Å². The topological polar surface area (TPSA) is 33.0 Å². The molecule has 1 aliphatic carbocycles. The summed E-state index contributed by atoms with van der Waals surface area (Å²) in [6, 6.07) is 2.38. The van der Waals surface area contributed by atoms with Crippen molar-refractivity contribution in [1.29, 1.82) is 5.26 Å². The van der Waals surface area contributed by atoms with E-state index in [0.717, 1.165) is 32.1 Å². The van der Waals surface area contributed by atoms with Gasteiger partial charge in [-0.3, -0.25) is 0 Å². The van der Waals surface area contributed by atoms with E-state index in [4.69, 9.17) is 11.2 Å². The zero-order valence-electron chi connectivity index (χ0n) is 8.97. The molecule has 0 aliphatic heterocycles. The highest BCUT2D eigenvalue weighted by Gasteiger charge is 2.54. The van der Waals surface area contributed by atoms with Gasteiger partial charge in [0.2, 0.25) is 0 Å². The minimum absolute atomic E-state index is 0.424. The highest BCUT2D eigenvalue weighted by Crippen LogP contribution is 2.51. The largest absolute Gasteiger partial charge is 0.364 e. The maximum absolute atomic E-state index is 9.24. The summed E-state index contributed by atoms with van der Waals surface area (Å²) in [5.74, 6) is 2.72. The van der Waals surface area contributed by atoms with Crippen LogP contribution >= 0.6 is 0 Å². The predicted octanol–water partition coefficient (Wildman–Crippen LogP) is 2.50. The first kappa shape index (κ1) is 11.1. The van der Waals surface area contributed by atoms with Crippen LogP contribution in [0.4, 0.5) is 0 Å². The first-order valence-electron chi connectivity index (χ1n) is 5.14. The van der Waals surface area contributed by atoms with Crippen molar-refractivity contribution in [1.82, 2.24) is 0 Å². The first-order valence-corrected chi connectivity index (χ1v) is 5.14. The van der Waals surface area contributed by atoms with E-state index in [0.29, 0.717) is 0 Å². The molecule has 1 saturated carbocycles. The Morgan fingerprint density at radius 2 is 2.21 bits per heavy atom. The summed E-state index contributed by atoms with van der Waals surface area (Å²) in [6.45, 7) is 2.06. The van der Waals surface area contributed by atoms with Crippen molar-refractivity contribution in [2.24, 2.45) is 5.41 Å². The van der Waals surface area contributed by atoms with Crippen molar-refractivity contribution in [3.8, 4) is 18.4 Å². The Morgan fingerprint density at radius 3 is 2.43 bits per heavy atom. The molecular formula is C12H17NO. The molecule has 14 heavy (non-hydrogen) atoms. The van der Waals surface area contributed by atoms with E-state index in [-0.39, 0.29) is 0 Å². The lowest BCUT2D eigenvalue weighted by Gasteiger charge is -2.47. The second-order valence-corrected chi connectivity index (χ2v) is 3.97. The van der Waals surface area contributed by atoms with Gasteiger partial charge in [0.1, 0.15) is 5.60 Å². The summed E-state index contributed by atoms with van der Waals surface area (Å²) >= 11 is 0. The van der Waals surface area contributed by atoms with Crippen LogP contribution in [0.25, 0.3) is 0 Å². The molecule has 0 N–H and O–H groups in total. The zero-order valence-corrected chi connectivity index (χ0v) is 8.97. The van der Waals surface area contributed by atoms with E-state index in [1.807, 2.05) is 0 Å². The molecule has 0 unspecified atom stereocenters. The Kier molecular flexibility index (Phi) is 3.19. The van der Waals surface area contributed by atoms with Crippen LogP contribution in [0.2, 0.25) is 0 Å². The number of hydrogen-bond donors (Lipinski definition) is 0. The lowest BCUT2D eigenvalue weighted by atomic mass is 9.58. The number of ether oxygens (including phenoxy) is 1. The molecule has 0 aromatic heterocycles.